The zero-order valence-electron chi connectivity index (χ0n) is 12.7. The Kier molecular flexibility index (Phi) is 3.55. The fourth-order valence-corrected chi connectivity index (χ4v) is 2.95. The number of rotatable bonds is 4. The van der Waals surface area contributed by atoms with E-state index < -0.39 is 0 Å². The number of nitrogens with one attached hydrogen (secondary N) is 2. The predicted molar refractivity (Wildman–Crippen MR) is 88.5 cm³/mol. The van der Waals surface area contributed by atoms with E-state index in [9.17, 15) is 0 Å². The van der Waals surface area contributed by atoms with Crippen LogP contribution in [0.2, 0.25) is 0 Å². The standard InChI is InChI=1S/C16H18N6O/c23-8-6-17-14-13-15(19-10-18-14)21-16(20-13)22-7-5-11-3-1-2-4-12(11)9-22/h1-4,10,23H,5-9H2,(H2,17,18,19,20,21). The summed E-state index contributed by atoms with van der Waals surface area (Å²) in [5.74, 6) is 1.47. The molecule has 0 aliphatic carbocycles. The SMILES string of the molecule is OCCNc1ncnc2nc(N3CCc4ccccc4C3)[nH]c12. The molecule has 1 aromatic carbocycles. The van der Waals surface area contributed by atoms with Crippen molar-refractivity contribution in [1.29, 1.82) is 0 Å². The van der Waals surface area contributed by atoms with Gasteiger partial charge in [-0.05, 0) is 17.5 Å². The number of hydrogen-bond donors (Lipinski definition) is 3. The first kappa shape index (κ1) is 14.0. The Labute approximate surface area is 133 Å². The highest BCUT2D eigenvalue weighted by molar-refractivity contribution is 5.84. The fourth-order valence-electron chi connectivity index (χ4n) is 2.95. The minimum absolute atomic E-state index is 0.0510. The Morgan fingerprint density at radius 3 is 2.96 bits per heavy atom. The van der Waals surface area contributed by atoms with Crippen LogP contribution in [-0.4, -0.2) is 44.7 Å². The van der Waals surface area contributed by atoms with Crippen molar-refractivity contribution in [1.82, 2.24) is 19.9 Å². The fraction of sp³-hybridized carbons (Fsp3) is 0.312. The van der Waals surface area contributed by atoms with E-state index in [0.717, 1.165) is 31.0 Å². The summed E-state index contributed by atoms with van der Waals surface area (Å²) in [6, 6.07) is 8.51. The van der Waals surface area contributed by atoms with Crippen molar-refractivity contribution in [3.05, 3.63) is 41.7 Å². The van der Waals surface area contributed by atoms with Gasteiger partial charge < -0.3 is 20.3 Å². The maximum atomic E-state index is 8.96. The van der Waals surface area contributed by atoms with Crippen LogP contribution in [-0.2, 0) is 13.0 Å². The van der Waals surface area contributed by atoms with Crippen molar-refractivity contribution in [2.75, 3.05) is 29.9 Å². The molecule has 0 saturated heterocycles. The molecule has 0 fully saturated rings. The summed E-state index contributed by atoms with van der Waals surface area (Å²) in [4.78, 5) is 18.6. The molecule has 4 rings (SSSR count). The van der Waals surface area contributed by atoms with Crippen LogP contribution in [0.5, 0.6) is 0 Å². The Hall–Kier alpha value is -2.67. The van der Waals surface area contributed by atoms with Crippen molar-refractivity contribution < 1.29 is 5.11 Å². The van der Waals surface area contributed by atoms with Crippen LogP contribution in [0, 0.1) is 0 Å². The number of aliphatic hydroxyl groups excluding tert-OH is 1. The highest BCUT2D eigenvalue weighted by Crippen LogP contribution is 2.25. The molecular formula is C16H18N6O. The van der Waals surface area contributed by atoms with Crippen LogP contribution in [0.1, 0.15) is 11.1 Å². The van der Waals surface area contributed by atoms with E-state index in [0.29, 0.717) is 18.0 Å². The van der Waals surface area contributed by atoms with Crippen molar-refractivity contribution in [2.45, 2.75) is 13.0 Å². The van der Waals surface area contributed by atoms with E-state index in [2.05, 4.69) is 54.4 Å². The van der Waals surface area contributed by atoms with Crippen molar-refractivity contribution in [3.8, 4) is 0 Å². The maximum absolute atomic E-state index is 8.96. The molecule has 3 aromatic rings. The average molecular weight is 310 g/mol. The van der Waals surface area contributed by atoms with Gasteiger partial charge in [0.15, 0.2) is 11.5 Å². The molecule has 0 amide bonds. The average Bonchev–Trinajstić information content (AvgIpc) is 3.04. The van der Waals surface area contributed by atoms with E-state index in [1.165, 1.54) is 17.5 Å². The largest absolute Gasteiger partial charge is 0.395 e. The van der Waals surface area contributed by atoms with Crippen LogP contribution < -0.4 is 10.2 Å². The third-order valence-electron chi connectivity index (χ3n) is 4.11. The van der Waals surface area contributed by atoms with Gasteiger partial charge in [-0.2, -0.15) is 4.98 Å². The van der Waals surface area contributed by atoms with Crippen molar-refractivity contribution in [3.63, 3.8) is 0 Å². The summed E-state index contributed by atoms with van der Waals surface area (Å²) < 4.78 is 0. The number of hydrogen-bond acceptors (Lipinski definition) is 6. The zero-order chi connectivity index (χ0) is 15.6. The van der Waals surface area contributed by atoms with E-state index in [1.54, 1.807) is 0 Å². The lowest BCUT2D eigenvalue weighted by molar-refractivity contribution is 0.311. The first-order chi connectivity index (χ1) is 11.3. The number of benzene rings is 1. The quantitative estimate of drug-likeness (QED) is 0.673. The molecule has 1 aliphatic heterocycles. The van der Waals surface area contributed by atoms with Gasteiger partial charge in [0.2, 0.25) is 5.95 Å². The molecule has 0 radical (unpaired) electrons. The van der Waals surface area contributed by atoms with Crippen LogP contribution in [0.4, 0.5) is 11.8 Å². The minimum Gasteiger partial charge on any atom is -0.395 e. The molecule has 0 saturated carbocycles. The molecular weight excluding hydrogens is 292 g/mol. The highest BCUT2D eigenvalue weighted by atomic mass is 16.3. The Balaban J connectivity index is 1.65. The first-order valence-electron chi connectivity index (χ1n) is 7.72. The molecule has 3 heterocycles. The molecule has 1 aliphatic rings. The number of aromatic amines is 1. The number of aliphatic hydroxyl groups is 1. The molecule has 7 heteroatoms. The smallest absolute Gasteiger partial charge is 0.205 e. The number of imidazole rings is 1. The van der Waals surface area contributed by atoms with Crippen LogP contribution in [0.25, 0.3) is 11.2 Å². The molecule has 0 bridgehead atoms. The molecule has 118 valence electrons. The maximum Gasteiger partial charge on any atom is 0.205 e. The molecule has 2 aromatic heterocycles. The van der Waals surface area contributed by atoms with E-state index in [1.807, 2.05) is 0 Å². The van der Waals surface area contributed by atoms with Gasteiger partial charge in [-0.25, -0.2) is 9.97 Å². The van der Waals surface area contributed by atoms with Gasteiger partial charge in [0.25, 0.3) is 0 Å². The lowest BCUT2D eigenvalue weighted by atomic mass is 10.0. The van der Waals surface area contributed by atoms with Gasteiger partial charge in [0, 0.05) is 19.6 Å². The third kappa shape index (κ3) is 2.59. The topological polar surface area (TPSA) is 90.0 Å². The summed E-state index contributed by atoms with van der Waals surface area (Å²) in [5, 5.41) is 12.0. The normalized spacial score (nSPS) is 14.0. The minimum atomic E-state index is 0.0510. The van der Waals surface area contributed by atoms with Gasteiger partial charge in [-0.1, -0.05) is 24.3 Å². The van der Waals surface area contributed by atoms with Gasteiger partial charge in [-0.3, -0.25) is 0 Å². The molecule has 7 nitrogen and oxygen atoms in total. The van der Waals surface area contributed by atoms with Gasteiger partial charge in [0.1, 0.15) is 11.8 Å². The highest BCUT2D eigenvalue weighted by Gasteiger charge is 2.19. The summed E-state index contributed by atoms with van der Waals surface area (Å²) in [6.45, 7) is 2.25. The number of H-pyrrole nitrogens is 1. The predicted octanol–water partition coefficient (Wildman–Crippen LogP) is 1.32. The molecule has 0 atom stereocenters. The van der Waals surface area contributed by atoms with Crippen molar-refractivity contribution in [2.24, 2.45) is 0 Å². The molecule has 3 N–H and O–H groups in total. The lowest BCUT2D eigenvalue weighted by Crippen LogP contribution is -2.31. The second-order valence-electron chi connectivity index (χ2n) is 5.57. The van der Waals surface area contributed by atoms with E-state index >= 15 is 0 Å². The molecule has 23 heavy (non-hydrogen) atoms. The summed E-state index contributed by atoms with van der Waals surface area (Å²) in [5.41, 5.74) is 4.15. The van der Waals surface area contributed by atoms with Gasteiger partial charge >= 0.3 is 0 Å². The van der Waals surface area contributed by atoms with Crippen LogP contribution in [0.15, 0.2) is 30.6 Å². The second kappa shape index (κ2) is 5.85. The van der Waals surface area contributed by atoms with Crippen LogP contribution in [0.3, 0.4) is 0 Å². The molecule has 0 unspecified atom stereocenters. The Morgan fingerprint density at radius 1 is 1.22 bits per heavy atom. The Morgan fingerprint density at radius 2 is 2.09 bits per heavy atom. The van der Waals surface area contributed by atoms with E-state index in [4.69, 9.17) is 5.11 Å². The number of anilines is 2. The van der Waals surface area contributed by atoms with Gasteiger partial charge in [-0.15, -0.1) is 0 Å². The summed E-state index contributed by atoms with van der Waals surface area (Å²) in [6.07, 6.45) is 2.49. The lowest BCUT2D eigenvalue weighted by Gasteiger charge is -2.28. The number of aromatic nitrogens is 4. The van der Waals surface area contributed by atoms with Crippen LogP contribution >= 0.6 is 0 Å². The number of fused-ring (bicyclic) bond motifs is 2. The monoisotopic (exact) mass is 310 g/mol. The van der Waals surface area contributed by atoms with E-state index in [-0.39, 0.29) is 6.61 Å². The summed E-state index contributed by atoms with van der Waals surface area (Å²) in [7, 11) is 0. The second-order valence-corrected chi connectivity index (χ2v) is 5.57. The van der Waals surface area contributed by atoms with Crippen molar-refractivity contribution >= 4 is 22.9 Å². The number of nitrogens with zero attached hydrogens (tertiary/aromatic N) is 4. The molecule has 0 spiro atoms. The first-order valence-corrected chi connectivity index (χ1v) is 7.72. The summed E-state index contributed by atoms with van der Waals surface area (Å²) >= 11 is 0. The Bertz CT molecular complexity index is 830. The zero-order valence-corrected chi connectivity index (χ0v) is 12.7. The van der Waals surface area contributed by atoms with Gasteiger partial charge in [0.05, 0.1) is 6.61 Å². The third-order valence-corrected chi connectivity index (χ3v) is 4.11.